The highest BCUT2D eigenvalue weighted by Gasteiger charge is 2.20. The Hall–Kier alpha value is -1.88. The summed E-state index contributed by atoms with van der Waals surface area (Å²) in [5, 5.41) is 9.13. The molecule has 1 unspecified atom stereocenters. The Bertz CT molecular complexity index is 463. The van der Waals surface area contributed by atoms with Crippen LogP contribution < -0.4 is 0 Å². The summed E-state index contributed by atoms with van der Waals surface area (Å²) in [6.45, 7) is 0. The Labute approximate surface area is 109 Å². The number of carboxylic acids is 1. The zero-order chi connectivity index (χ0) is 12.8. The van der Waals surface area contributed by atoms with Gasteiger partial charge in [0.05, 0.1) is 0 Å². The van der Waals surface area contributed by atoms with Gasteiger partial charge in [-0.15, -0.1) is 0 Å². The van der Waals surface area contributed by atoms with Gasteiger partial charge in [-0.25, -0.2) is 9.97 Å². The number of rotatable bonds is 5. The standard InChI is InChI=1S/C13H12N2O2S/c16-12(17)11(9-10-5-2-1-3-6-10)18-13-14-7-4-8-15-13/h1-8,11H,9H2,(H,16,17). The van der Waals surface area contributed by atoms with E-state index in [1.54, 1.807) is 18.5 Å². The molecule has 0 amide bonds. The van der Waals surface area contributed by atoms with Crippen LogP contribution >= 0.6 is 11.8 Å². The van der Waals surface area contributed by atoms with Crippen LogP contribution in [0.5, 0.6) is 0 Å². The second-order valence-corrected chi connectivity index (χ2v) is 4.84. The van der Waals surface area contributed by atoms with Gasteiger partial charge in [0.1, 0.15) is 5.25 Å². The topological polar surface area (TPSA) is 63.1 Å². The third-order valence-corrected chi connectivity index (χ3v) is 3.40. The van der Waals surface area contributed by atoms with E-state index in [1.165, 1.54) is 11.8 Å². The first kappa shape index (κ1) is 12.6. The summed E-state index contributed by atoms with van der Waals surface area (Å²) >= 11 is 1.17. The average molecular weight is 260 g/mol. The third kappa shape index (κ3) is 3.56. The van der Waals surface area contributed by atoms with Gasteiger partial charge >= 0.3 is 5.97 Å². The molecular weight excluding hydrogens is 248 g/mol. The first-order valence-corrected chi connectivity index (χ1v) is 6.34. The molecule has 0 bridgehead atoms. The molecule has 2 rings (SSSR count). The number of hydrogen-bond donors (Lipinski definition) is 1. The highest BCUT2D eigenvalue weighted by molar-refractivity contribution is 8.00. The van der Waals surface area contributed by atoms with Crippen molar-refractivity contribution < 1.29 is 9.90 Å². The van der Waals surface area contributed by atoms with Gasteiger partial charge in [-0.05, 0) is 18.1 Å². The van der Waals surface area contributed by atoms with Gasteiger partial charge in [-0.3, -0.25) is 4.79 Å². The van der Waals surface area contributed by atoms with Crippen molar-refractivity contribution in [1.29, 1.82) is 0 Å². The maximum absolute atomic E-state index is 11.2. The van der Waals surface area contributed by atoms with Crippen LogP contribution in [0.4, 0.5) is 0 Å². The van der Waals surface area contributed by atoms with E-state index in [9.17, 15) is 9.90 Å². The molecule has 0 aliphatic rings. The van der Waals surface area contributed by atoms with E-state index < -0.39 is 11.2 Å². The smallest absolute Gasteiger partial charge is 0.317 e. The molecule has 0 spiro atoms. The van der Waals surface area contributed by atoms with Crippen molar-refractivity contribution in [3.8, 4) is 0 Å². The molecule has 0 radical (unpaired) electrons. The van der Waals surface area contributed by atoms with E-state index in [4.69, 9.17) is 0 Å². The Morgan fingerprint density at radius 2 is 1.83 bits per heavy atom. The molecule has 18 heavy (non-hydrogen) atoms. The van der Waals surface area contributed by atoms with Crippen LogP contribution in [0.25, 0.3) is 0 Å². The molecule has 0 aliphatic carbocycles. The van der Waals surface area contributed by atoms with Crippen LogP contribution in [-0.4, -0.2) is 26.3 Å². The number of aliphatic carboxylic acids is 1. The van der Waals surface area contributed by atoms with Crippen LogP contribution in [0.15, 0.2) is 53.9 Å². The van der Waals surface area contributed by atoms with E-state index in [2.05, 4.69) is 9.97 Å². The lowest BCUT2D eigenvalue weighted by Crippen LogP contribution is -2.19. The summed E-state index contributed by atoms with van der Waals surface area (Å²) in [5.74, 6) is -0.851. The van der Waals surface area contributed by atoms with E-state index in [0.717, 1.165) is 5.56 Å². The third-order valence-electron chi connectivity index (χ3n) is 2.33. The van der Waals surface area contributed by atoms with E-state index in [-0.39, 0.29) is 0 Å². The monoisotopic (exact) mass is 260 g/mol. The van der Waals surface area contributed by atoms with Crippen molar-refractivity contribution in [2.75, 3.05) is 0 Å². The molecule has 0 aliphatic heterocycles. The summed E-state index contributed by atoms with van der Waals surface area (Å²) in [6, 6.07) is 11.3. The van der Waals surface area contributed by atoms with Crippen molar-refractivity contribution in [2.45, 2.75) is 16.8 Å². The SMILES string of the molecule is O=C(O)C(Cc1ccccc1)Sc1ncccn1. The highest BCUT2D eigenvalue weighted by Crippen LogP contribution is 2.22. The van der Waals surface area contributed by atoms with Gasteiger partial charge in [0, 0.05) is 12.4 Å². The summed E-state index contributed by atoms with van der Waals surface area (Å²) in [5.41, 5.74) is 0.994. The van der Waals surface area contributed by atoms with Crippen molar-refractivity contribution in [2.24, 2.45) is 0 Å². The van der Waals surface area contributed by atoms with Gasteiger partial charge in [-0.2, -0.15) is 0 Å². The first-order chi connectivity index (χ1) is 8.75. The second-order valence-electron chi connectivity index (χ2n) is 3.67. The van der Waals surface area contributed by atoms with Crippen LogP contribution in [0.3, 0.4) is 0 Å². The number of aromatic nitrogens is 2. The van der Waals surface area contributed by atoms with Gasteiger partial charge in [-0.1, -0.05) is 42.1 Å². The lowest BCUT2D eigenvalue weighted by Gasteiger charge is -2.10. The number of benzene rings is 1. The summed E-state index contributed by atoms with van der Waals surface area (Å²) in [7, 11) is 0. The number of carboxylic acid groups (broad SMARTS) is 1. The Kier molecular flexibility index (Phi) is 4.30. The number of carbonyl (C=O) groups is 1. The Morgan fingerprint density at radius 3 is 2.44 bits per heavy atom. The highest BCUT2D eigenvalue weighted by atomic mass is 32.2. The predicted octanol–water partition coefficient (Wildman–Crippen LogP) is 2.26. The average Bonchev–Trinajstić information content (AvgIpc) is 2.40. The minimum absolute atomic E-state index is 0.457. The number of nitrogens with zero attached hydrogens (tertiary/aromatic N) is 2. The molecule has 2 aromatic rings. The fourth-order valence-electron chi connectivity index (χ4n) is 1.48. The molecule has 92 valence electrons. The fraction of sp³-hybridized carbons (Fsp3) is 0.154. The Morgan fingerprint density at radius 1 is 1.17 bits per heavy atom. The maximum atomic E-state index is 11.2. The second kappa shape index (κ2) is 6.16. The lowest BCUT2D eigenvalue weighted by atomic mass is 10.1. The minimum Gasteiger partial charge on any atom is -0.480 e. The maximum Gasteiger partial charge on any atom is 0.317 e. The van der Waals surface area contributed by atoms with Crippen molar-refractivity contribution >= 4 is 17.7 Å². The molecular formula is C13H12N2O2S. The molecule has 1 heterocycles. The van der Waals surface area contributed by atoms with Gasteiger partial charge < -0.3 is 5.11 Å². The van der Waals surface area contributed by atoms with E-state index in [0.29, 0.717) is 11.6 Å². The zero-order valence-corrected chi connectivity index (χ0v) is 10.4. The zero-order valence-electron chi connectivity index (χ0n) is 9.56. The predicted molar refractivity (Wildman–Crippen MR) is 69.5 cm³/mol. The normalized spacial score (nSPS) is 12.0. The molecule has 5 heteroatoms. The number of hydrogen-bond acceptors (Lipinski definition) is 4. The molecule has 1 aromatic heterocycles. The number of thioether (sulfide) groups is 1. The lowest BCUT2D eigenvalue weighted by molar-refractivity contribution is -0.136. The largest absolute Gasteiger partial charge is 0.480 e. The van der Waals surface area contributed by atoms with Crippen LogP contribution in [0.2, 0.25) is 0 Å². The van der Waals surface area contributed by atoms with Gasteiger partial charge in [0.15, 0.2) is 5.16 Å². The quantitative estimate of drug-likeness (QED) is 0.660. The fourth-order valence-corrected chi connectivity index (χ4v) is 2.36. The van der Waals surface area contributed by atoms with Crippen LogP contribution in [0.1, 0.15) is 5.56 Å². The van der Waals surface area contributed by atoms with Crippen molar-refractivity contribution in [3.63, 3.8) is 0 Å². The van der Waals surface area contributed by atoms with Gasteiger partial charge in [0.2, 0.25) is 0 Å². The van der Waals surface area contributed by atoms with Crippen molar-refractivity contribution in [1.82, 2.24) is 9.97 Å². The Balaban J connectivity index is 2.08. The van der Waals surface area contributed by atoms with Crippen LogP contribution in [-0.2, 0) is 11.2 Å². The van der Waals surface area contributed by atoms with Crippen molar-refractivity contribution in [3.05, 3.63) is 54.4 Å². The molecule has 4 nitrogen and oxygen atoms in total. The van der Waals surface area contributed by atoms with Gasteiger partial charge in [0.25, 0.3) is 0 Å². The molecule has 0 saturated carbocycles. The summed E-state index contributed by atoms with van der Waals surface area (Å²) in [6.07, 6.45) is 3.67. The first-order valence-electron chi connectivity index (χ1n) is 5.46. The minimum atomic E-state index is -0.851. The molecule has 1 atom stereocenters. The molecule has 1 aromatic carbocycles. The summed E-state index contributed by atoms with van der Waals surface area (Å²) in [4.78, 5) is 19.3. The van der Waals surface area contributed by atoms with E-state index >= 15 is 0 Å². The molecule has 1 N–H and O–H groups in total. The van der Waals surface area contributed by atoms with Crippen LogP contribution in [0, 0.1) is 0 Å². The molecule has 0 saturated heterocycles. The molecule has 0 fully saturated rings. The van der Waals surface area contributed by atoms with E-state index in [1.807, 2.05) is 30.3 Å². The summed E-state index contributed by atoms with van der Waals surface area (Å²) < 4.78 is 0.